The third-order valence-corrected chi connectivity index (χ3v) is 10.5. The van der Waals surface area contributed by atoms with E-state index in [0.717, 1.165) is 13.2 Å². The zero-order valence-electron chi connectivity index (χ0n) is 23.3. The molecule has 0 bridgehead atoms. The second kappa shape index (κ2) is 15.4. The van der Waals surface area contributed by atoms with E-state index >= 15 is 0 Å². The molecule has 2 saturated heterocycles. The van der Waals surface area contributed by atoms with E-state index in [-0.39, 0.29) is 0 Å². The van der Waals surface area contributed by atoms with Crippen molar-refractivity contribution < 1.29 is 9.47 Å². The van der Waals surface area contributed by atoms with E-state index in [2.05, 4.69) is 53.3 Å². The van der Waals surface area contributed by atoms with Gasteiger partial charge in [-0.05, 0) is 23.7 Å². The number of rotatable bonds is 22. The minimum absolute atomic E-state index is 0.331. The van der Waals surface area contributed by atoms with Gasteiger partial charge < -0.3 is 9.47 Å². The molecule has 3 heteroatoms. The maximum atomic E-state index is 5.93. The first kappa shape index (κ1) is 29.5. The van der Waals surface area contributed by atoms with Gasteiger partial charge in [-0.15, -0.1) is 11.8 Å². The van der Waals surface area contributed by atoms with Gasteiger partial charge in [0.05, 0.1) is 25.4 Å². The molecule has 0 amide bonds. The van der Waals surface area contributed by atoms with Crippen LogP contribution in [0.15, 0.2) is 0 Å². The van der Waals surface area contributed by atoms with Gasteiger partial charge >= 0.3 is 0 Å². The molecule has 0 N–H and O–H groups in total. The number of unbranched alkanes of at least 4 members (excludes halogenated alkanes) is 12. The van der Waals surface area contributed by atoms with Crippen molar-refractivity contribution in [3.63, 3.8) is 0 Å². The Morgan fingerprint density at radius 1 is 0.576 bits per heavy atom. The summed E-state index contributed by atoms with van der Waals surface area (Å²) in [6, 6.07) is 0. The Morgan fingerprint density at radius 2 is 0.879 bits per heavy atom. The number of thioether (sulfide) groups is 1. The minimum Gasteiger partial charge on any atom is -0.372 e. The van der Waals surface area contributed by atoms with Crippen LogP contribution in [0, 0.1) is 10.8 Å². The van der Waals surface area contributed by atoms with Gasteiger partial charge in [-0.1, -0.05) is 131 Å². The van der Waals surface area contributed by atoms with Crippen LogP contribution < -0.4 is 0 Å². The Labute approximate surface area is 212 Å². The predicted octanol–water partition coefficient (Wildman–Crippen LogP) is 9.59. The standard InChI is InChI=1S/C30H58O2S/c1-7-9-11-13-15-17-19-21-29(3,4)27(25-23-31-25)33-28(26-24-32-26)30(5,6)22-20-18-16-14-12-10-8-2/h25-28H,7-24H2,1-6H3. The van der Waals surface area contributed by atoms with Gasteiger partial charge in [0, 0.05) is 10.5 Å². The Morgan fingerprint density at radius 3 is 1.18 bits per heavy atom. The van der Waals surface area contributed by atoms with Crippen LogP contribution in [0.25, 0.3) is 0 Å². The van der Waals surface area contributed by atoms with Crippen LogP contribution in [0.3, 0.4) is 0 Å². The van der Waals surface area contributed by atoms with Gasteiger partial charge in [0.25, 0.3) is 0 Å². The SMILES string of the molecule is CCCCCCCCCC(C)(C)C(SC(C1CO1)C(C)(C)CCCCCCCCC)C1CO1. The highest BCUT2D eigenvalue weighted by Crippen LogP contribution is 2.51. The first-order chi connectivity index (χ1) is 15.8. The molecule has 33 heavy (non-hydrogen) atoms. The quantitative estimate of drug-likeness (QED) is 0.113. The van der Waals surface area contributed by atoms with E-state index in [1.54, 1.807) is 0 Å². The van der Waals surface area contributed by atoms with E-state index in [1.807, 2.05) is 0 Å². The van der Waals surface area contributed by atoms with Gasteiger partial charge in [-0.25, -0.2) is 0 Å². The average molecular weight is 483 g/mol. The molecule has 0 saturated carbocycles. The lowest BCUT2D eigenvalue weighted by Crippen LogP contribution is -2.39. The van der Waals surface area contributed by atoms with E-state index in [0.29, 0.717) is 33.5 Å². The van der Waals surface area contributed by atoms with Gasteiger partial charge in [-0.2, -0.15) is 0 Å². The van der Waals surface area contributed by atoms with Crippen LogP contribution in [-0.2, 0) is 9.47 Å². The second-order valence-corrected chi connectivity index (χ2v) is 13.7. The van der Waals surface area contributed by atoms with Crippen molar-refractivity contribution in [2.45, 2.75) is 167 Å². The molecule has 2 fully saturated rings. The molecule has 0 aromatic heterocycles. The summed E-state index contributed by atoms with van der Waals surface area (Å²) >= 11 is 2.24. The van der Waals surface area contributed by atoms with E-state index in [1.165, 1.54) is 103 Å². The largest absolute Gasteiger partial charge is 0.372 e. The van der Waals surface area contributed by atoms with E-state index < -0.39 is 0 Å². The second-order valence-electron chi connectivity index (χ2n) is 12.4. The molecule has 2 aliphatic rings. The lowest BCUT2D eigenvalue weighted by atomic mass is 9.81. The van der Waals surface area contributed by atoms with E-state index in [9.17, 15) is 0 Å². The molecule has 0 radical (unpaired) electrons. The van der Waals surface area contributed by atoms with Crippen molar-refractivity contribution in [1.82, 2.24) is 0 Å². The third kappa shape index (κ3) is 11.7. The number of hydrogen-bond acceptors (Lipinski definition) is 3. The Hall–Kier alpha value is 0.270. The predicted molar refractivity (Wildman–Crippen MR) is 147 cm³/mol. The Kier molecular flexibility index (Phi) is 13.8. The smallest absolute Gasteiger partial charge is 0.0933 e. The zero-order chi connectivity index (χ0) is 24.2. The highest BCUT2D eigenvalue weighted by atomic mass is 32.2. The molecule has 0 spiro atoms. The van der Waals surface area contributed by atoms with Gasteiger partial charge in [0.1, 0.15) is 0 Å². The fourth-order valence-corrected chi connectivity index (χ4v) is 7.48. The fourth-order valence-electron chi connectivity index (χ4n) is 5.53. The fraction of sp³-hybridized carbons (Fsp3) is 1.00. The summed E-state index contributed by atoms with van der Waals surface area (Å²) in [7, 11) is 0. The molecule has 0 aromatic carbocycles. The Balaban J connectivity index is 1.81. The highest BCUT2D eigenvalue weighted by molar-refractivity contribution is 8.00. The van der Waals surface area contributed by atoms with Crippen LogP contribution in [0.5, 0.6) is 0 Å². The molecule has 0 aliphatic carbocycles. The lowest BCUT2D eigenvalue weighted by Gasteiger charge is -2.40. The molecule has 0 aromatic rings. The molecule has 2 nitrogen and oxygen atoms in total. The molecule has 196 valence electrons. The molecule has 4 unspecified atom stereocenters. The van der Waals surface area contributed by atoms with Gasteiger partial charge in [-0.3, -0.25) is 0 Å². The summed E-state index contributed by atoms with van der Waals surface area (Å²) in [6.07, 6.45) is 23.1. The first-order valence-corrected chi connectivity index (χ1v) is 15.6. The van der Waals surface area contributed by atoms with Crippen molar-refractivity contribution in [1.29, 1.82) is 0 Å². The number of epoxide rings is 2. The van der Waals surface area contributed by atoms with E-state index in [4.69, 9.17) is 9.47 Å². The zero-order valence-corrected chi connectivity index (χ0v) is 24.1. The normalized spacial score (nSPS) is 22.4. The summed E-state index contributed by atoms with van der Waals surface area (Å²) in [5, 5.41) is 1.19. The molecule has 4 atom stereocenters. The third-order valence-electron chi connectivity index (χ3n) is 8.08. The number of ether oxygens (including phenoxy) is 2. The van der Waals surface area contributed by atoms with Gasteiger partial charge in [0.15, 0.2) is 0 Å². The molecule has 2 heterocycles. The number of hydrogen-bond donors (Lipinski definition) is 0. The van der Waals surface area contributed by atoms with Gasteiger partial charge in [0.2, 0.25) is 0 Å². The monoisotopic (exact) mass is 482 g/mol. The molecule has 2 aliphatic heterocycles. The van der Waals surface area contributed by atoms with Crippen LogP contribution in [0.2, 0.25) is 0 Å². The average Bonchev–Trinajstić information content (AvgIpc) is 3.67. The maximum absolute atomic E-state index is 5.93. The van der Waals surface area contributed by atoms with Crippen molar-refractivity contribution in [3.8, 4) is 0 Å². The summed E-state index contributed by atoms with van der Waals surface area (Å²) in [5.41, 5.74) is 0.662. The van der Waals surface area contributed by atoms with Crippen molar-refractivity contribution in [2.24, 2.45) is 10.8 Å². The maximum Gasteiger partial charge on any atom is 0.0933 e. The summed E-state index contributed by atoms with van der Waals surface area (Å²) in [6.45, 7) is 16.6. The molecular weight excluding hydrogens is 424 g/mol. The lowest BCUT2D eigenvalue weighted by molar-refractivity contribution is 0.245. The highest BCUT2D eigenvalue weighted by Gasteiger charge is 2.50. The topological polar surface area (TPSA) is 25.1 Å². The summed E-state index contributed by atoms with van der Waals surface area (Å²) < 4.78 is 11.9. The Bertz CT molecular complexity index is 452. The van der Waals surface area contributed by atoms with Crippen molar-refractivity contribution in [2.75, 3.05) is 13.2 Å². The van der Waals surface area contributed by atoms with Crippen LogP contribution in [0.1, 0.15) is 144 Å². The van der Waals surface area contributed by atoms with Crippen molar-refractivity contribution >= 4 is 11.8 Å². The van der Waals surface area contributed by atoms with Crippen molar-refractivity contribution in [3.05, 3.63) is 0 Å². The summed E-state index contributed by atoms with van der Waals surface area (Å²) in [4.78, 5) is 0. The summed E-state index contributed by atoms with van der Waals surface area (Å²) in [5.74, 6) is 0. The first-order valence-electron chi connectivity index (χ1n) is 14.7. The van der Waals surface area contributed by atoms with Crippen LogP contribution >= 0.6 is 11.8 Å². The van der Waals surface area contributed by atoms with Crippen LogP contribution in [-0.4, -0.2) is 35.9 Å². The molecule has 2 rings (SSSR count). The minimum atomic E-state index is 0.331. The van der Waals surface area contributed by atoms with Crippen LogP contribution in [0.4, 0.5) is 0 Å². The molecular formula is C30H58O2S.